The lowest BCUT2D eigenvalue weighted by molar-refractivity contribution is -0.00832. The van der Waals surface area contributed by atoms with Gasteiger partial charge in [-0.25, -0.2) is 4.79 Å². The van der Waals surface area contributed by atoms with E-state index in [9.17, 15) is 15.0 Å². The zero-order chi connectivity index (χ0) is 18.8. The van der Waals surface area contributed by atoms with Gasteiger partial charge in [0.25, 0.3) is 0 Å². The lowest BCUT2D eigenvalue weighted by Gasteiger charge is -2.23. The molecular weight excluding hydrogens is 344 g/mol. The van der Waals surface area contributed by atoms with Gasteiger partial charge in [0.1, 0.15) is 30.1 Å². The molecule has 0 aliphatic heterocycles. The Morgan fingerprint density at radius 2 is 1.70 bits per heavy atom. The second-order valence-electron chi connectivity index (χ2n) is 6.91. The van der Waals surface area contributed by atoms with Crippen molar-refractivity contribution in [3.8, 4) is 5.75 Å². The van der Waals surface area contributed by atoms with Crippen molar-refractivity contribution in [1.82, 2.24) is 0 Å². The van der Waals surface area contributed by atoms with Crippen molar-refractivity contribution in [2.75, 3.05) is 6.61 Å². The summed E-state index contributed by atoms with van der Waals surface area (Å²) in [5.41, 5.74) is 2.37. The van der Waals surface area contributed by atoms with Crippen LogP contribution in [0.2, 0.25) is 0 Å². The number of hydrogen-bond donors (Lipinski definition) is 2. The van der Waals surface area contributed by atoms with Gasteiger partial charge in [-0.05, 0) is 55.0 Å². The summed E-state index contributed by atoms with van der Waals surface area (Å²) in [7, 11) is 0. The summed E-state index contributed by atoms with van der Waals surface area (Å²) < 4.78 is 11.1. The molecule has 2 unspecified atom stereocenters. The normalized spacial score (nSPS) is 15.9. The molecule has 3 aromatic rings. The van der Waals surface area contributed by atoms with E-state index in [0.717, 1.165) is 30.2 Å². The van der Waals surface area contributed by atoms with E-state index in [1.54, 1.807) is 30.3 Å². The standard InChI is InChI=1S/C22H22O5/c23-18(13-26-14-7-2-1-3-8-14)21(24)17-11-6-12-19-20(17)15-9-4-5-10-16(15)22(25)27-19/h1-3,6-8,11-12,18,21,23-24H,4-5,9-10,13H2. The fraction of sp³-hybridized carbons (Fsp3) is 0.318. The summed E-state index contributed by atoms with van der Waals surface area (Å²) in [6.07, 6.45) is 1.17. The highest BCUT2D eigenvalue weighted by atomic mass is 16.5. The van der Waals surface area contributed by atoms with E-state index in [4.69, 9.17) is 9.15 Å². The number of para-hydroxylation sites is 1. The molecule has 0 spiro atoms. The molecule has 5 nitrogen and oxygen atoms in total. The molecule has 0 radical (unpaired) electrons. The monoisotopic (exact) mass is 366 g/mol. The third-order valence-electron chi connectivity index (χ3n) is 5.12. The molecule has 0 bridgehead atoms. The zero-order valence-corrected chi connectivity index (χ0v) is 14.9. The van der Waals surface area contributed by atoms with Crippen molar-refractivity contribution >= 4 is 11.0 Å². The molecule has 0 saturated heterocycles. The Morgan fingerprint density at radius 1 is 0.963 bits per heavy atom. The first-order valence-corrected chi connectivity index (χ1v) is 9.26. The van der Waals surface area contributed by atoms with Crippen LogP contribution in [0.3, 0.4) is 0 Å². The van der Waals surface area contributed by atoms with Crippen LogP contribution in [0.5, 0.6) is 5.75 Å². The fourth-order valence-corrected chi connectivity index (χ4v) is 3.77. The van der Waals surface area contributed by atoms with Gasteiger partial charge in [0.05, 0.1) is 0 Å². The van der Waals surface area contributed by atoms with Crippen LogP contribution in [0.1, 0.15) is 35.6 Å². The van der Waals surface area contributed by atoms with Gasteiger partial charge in [-0.15, -0.1) is 0 Å². The summed E-state index contributed by atoms with van der Waals surface area (Å²) in [6.45, 7) is -0.0411. The van der Waals surface area contributed by atoms with Gasteiger partial charge in [-0.1, -0.05) is 30.3 Å². The maximum Gasteiger partial charge on any atom is 0.339 e. The van der Waals surface area contributed by atoms with Crippen LogP contribution >= 0.6 is 0 Å². The van der Waals surface area contributed by atoms with Gasteiger partial charge >= 0.3 is 5.63 Å². The second-order valence-corrected chi connectivity index (χ2v) is 6.91. The predicted molar refractivity (Wildman–Crippen MR) is 102 cm³/mol. The zero-order valence-electron chi connectivity index (χ0n) is 14.9. The molecule has 1 heterocycles. The van der Waals surface area contributed by atoms with Crippen molar-refractivity contribution < 1.29 is 19.4 Å². The SMILES string of the molecule is O=c1oc2cccc(C(O)C(O)COc3ccccc3)c2c2c1CCCC2. The molecule has 2 atom stereocenters. The molecule has 1 aliphatic rings. The average molecular weight is 366 g/mol. The first-order valence-electron chi connectivity index (χ1n) is 9.26. The molecule has 1 aliphatic carbocycles. The largest absolute Gasteiger partial charge is 0.491 e. The van der Waals surface area contributed by atoms with E-state index in [0.29, 0.717) is 28.9 Å². The number of fused-ring (bicyclic) bond motifs is 3. The van der Waals surface area contributed by atoms with Crippen LogP contribution in [0.25, 0.3) is 11.0 Å². The smallest absolute Gasteiger partial charge is 0.339 e. The minimum atomic E-state index is -1.14. The number of hydrogen-bond acceptors (Lipinski definition) is 5. The number of ether oxygens (including phenoxy) is 1. The summed E-state index contributed by atoms with van der Waals surface area (Å²) in [5.74, 6) is 0.630. The lowest BCUT2D eigenvalue weighted by Crippen LogP contribution is -2.26. The highest BCUT2D eigenvalue weighted by molar-refractivity contribution is 5.85. The Morgan fingerprint density at radius 3 is 2.48 bits per heavy atom. The average Bonchev–Trinajstić information content (AvgIpc) is 2.72. The van der Waals surface area contributed by atoms with Gasteiger partial charge in [-0.2, -0.15) is 0 Å². The van der Waals surface area contributed by atoms with Crippen LogP contribution in [-0.4, -0.2) is 22.9 Å². The number of aliphatic hydroxyl groups is 2. The number of aryl methyl sites for hydroxylation is 1. The van der Waals surface area contributed by atoms with Gasteiger partial charge in [-0.3, -0.25) is 0 Å². The maximum absolute atomic E-state index is 12.3. The third kappa shape index (κ3) is 3.48. The van der Waals surface area contributed by atoms with Gasteiger partial charge in [0, 0.05) is 10.9 Å². The first-order chi connectivity index (χ1) is 13.1. The van der Waals surface area contributed by atoms with E-state index < -0.39 is 12.2 Å². The molecular formula is C22H22O5. The molecule has 0 saturated carbocycles. The lowest BCUT2D eigenvalue weighted by atomic mass is 9.87. The van der Waals surface area contributed by atoms with Gasteiger partial charge < -0.3 is 19.4 Å². The fourth-order valence-electron chi connectivity index (χ4n) is 3.77. The van der Waals surface area contributed by atoms with Crippen LogP contribution < -0.4 is 10.4 Å². The Balaban J connectivity index is 1.67. The first kappa shape index (κ1) is 17.8. The quantitative estimate of drug-likeness (QED) is 0.678. The summed E-state index contributed by atoms with van der Waals surface area (Å²) >= 11 is 0. The topological polar surface area (TPSA) is 79.9 Å². The molecule has 1 aromatic heterocycles. The Bertz CT molecular complexity index is 993. The summed E-state index contributed by atoms with van der Waals surface area (Å²) in [6, 6.07) is 14.4. The molecule has 140 valence electrons. The summed E-state index contributed by atoms with van der Waals surface area (Å²) in [5, 5.41) is 22.0. The van der Waals surface area contributed by atoms with Crippen molar-refractivity contribution in [2.24, 2.45) is 0 Å². The maximum atomic E-state index is 12.3. The van der Waals surface area contributed by atoms with Crippen LogP contribution in [0.4, 0.5) is 0 Å². The van der Waals surface area contributed by atoms with Crippen molar-refractivity contribution in [3.63, 3.8) is 0 Å². The number of benzene rings is 2. The van der Waals surface area contributed by atoms with Crippen LogP contribution in [0.15, 0.2) is 57.7 Å². The molecule has 5 heteroatoms. The molecule has 4 rings (SSSR count). The van der Waals surface area contributed by atoms with E-state index in [1.807, 2.05) is 18.2 Å². The van der Waals surface area contributed by atoms with Crippen molar-refractivity contribution in [2.45, 2.75) is 37.9 Å². The third-order valence-corrected chi connectivity index (χ3v) is 5.12. The van der Waals surface area contributed by atoms with Crippen molar-refractivity contribution in [1.29, 1.82) is 0 Å². The Kier molecular flexibility index (Phi) is 4.97. The minimum absolute atomic E-state index is 0.0411. The second kappa shape index (κ2) is 7.55. The van der Waals surface area contributed by atoms with E-state index in [-0.39, 0.29) is 12.2 Å². The van der Waals surface area contributed by atoms with E-state index in [2.05, 4.69) is 0 Å². The Labute approximate surface area is 156 Å². The van der Waals surface area contributed by atoms with Gasteiger partial charge in [0.2, 0.25) is 0 Å². The highest BCUT2D eigenvalue weighted by Crippen LogP contribution is 2.33. The minimum Gasteiger partial charge on any atom is -0.491 e. The van der Waals surface area contributed by atoms with Crippen LogP contribution in [-0.2, 0) is 12.8 Å². The molecule has 27 heavy (non-hydrogen) atoms. The molecule has 2 aromatic carbocycles. The van der Waals surface area contributed by atoms with Crippen LogP contribution in [0, 0.1) is 0 Å². The molecule has 2 N–H and O–H groups in total. The van der Waals surface area contributed by atoms with Crippen molar-refractivity contribution in [3.05, 3.63) is 75.6 Å². The number of aliphatic hydroxyl groups excluding tert-OH is 2. The van der Waals surface area contributed by atoms with E-state index in [1.165, 1.54) is 0 Å². The predicted octanol–water partition coefficient (Wildman–Crippen LogP) is 3.15. The molecule has 0 fully saturated rings. The highest BCUT2D eigenvalue weighted by Gasteiger charge is 2.26. The Hall–Kier alpha value is -2.63. The molecule has 0 amide bonds. The summed E-state index contributed by atoms with van der Waals surface area (Å²) in [4.78, 5) is 12.3. The van der Waals surface area contributed by atoms with E-state index >= 15 is 0 Å². The van der Waals surface area contributed by atoms with Gasteiger partial charge in [0.15, 0.2) is 0 Å². The number of rotatable bonds is 5.